The Morgan fingerprint density at radius 2 is 1.40 bits per heavy atom. The van der Waals surface area contributed by atoms with Gasteiger partial charge in [0.1, 0.15) is 12.4 Å². The number of ether oxygens (including phenoxy) is 1. The molecule has 6 rings (SSSR count). The van der Waals surface area contributed by atoms with Crippen LogP contribution in [0.2, 0.25) is 0 Å². The molecule has 0 radical (unpaired) electrons. The normalized spacial score (nSPS) is 11.1. The van der Waals surface area contributed by atoms with Gasteiger partial charge in [-0.15, -0.1) is 0 Å². The van der Waals surface area contributed by atoms with Gasteiger partial charge in [0.15, 0.2) is 5.78 Å². The first kappa shape index (κ1) is 25.1. The maximum Gasteiger partial charge on any atom is 0.307 e. The van der Waals surface area contributed by atoms with Crippen LogP contribution in [0, 0.1) is 0 Å². The van der Waals surface area contributed by atoms with Crippen molar-refractivity contribution in [2.24, 2.45) is 0 Å². The fourth-order valence-corrected chi connectivity index (χ4v) is 5.12. The molecular formula is C35H27NO4. The number of carboxylic acids is 1. The molecule has 1 heterocycles. The standard InChI is InChI=1S/C35H27NO4/c37-34(38)19-24-13-15-25(16-14-24)21-36-22-32(35(39)30-12-6-10-27-9-4-5-11-29(27)30)31-20-28(17-18-33(31)36)40-23-26-7-2-1-3-8-26/h1-18,20,22H,19,21,23H2,(H,37,38). The second kappa shape index (κ2) is 10.9. The van der Waals surface area contributed by atoms with E-state index in [1.807, 2.05) is 121 Å². The molecule has 0 bridgehead atoms. The summed E-state index contributed by atoms with van der Waals surface area (Å²) in [6.45, 7) is 0.971. The van der Waals surface area contributed by atoms with E-state index < -0.39 is 5.97 Å². The highest BCUT2D eigenvalue weighted by atomic mass is 16.5. The van der Waals surface area contributed by atoms with Crippen LogP contribution in [0.1, 0.15) is 32.6 Å². The SMILES string of the molecule is O=C(O)Cc1ccc(Cn2cc(C(=O)c3cccc4ccccc34)c3cc(OCc4ccccc4)ccc32)cc1. The molecule has 0 aliphatic rings. The molecule has 0 atom stereocenters. The number of nitrogens with zero attached hydrogens (tertiary/aromatic N) is 1. The zero-order chi connectivity index (χ0) is 27.5. The average Bonchev–Trinajstić information content (AvgIpc) is 3.34. The minimum atomic E-state index is -0.856. The lowest BCUT2D eigenvalue weighted by molar-refractivity contribution is -0.136. The van der Waals surface area contributed by atoms with Crippen molar-refractivity contribution in [1.29, 1.82) is 0 Å². The number of carbonyl (C=O) groups is 2. The van der Waals surface area contributed by atoms with E-state index in [2.05, 4.69) is 4.57 Å². The lowest BCUT2D eigenvalue weighted by Gasteiger charge is -2.09. The monoisotopic (exact) mass is 525 g/mol. The summed E-state index contributed by atoms with van der Waals surface area (Å²) in [5.74, 6) is -0.206. The van der Waals surface area contributed by atoms with Gasteiger partial charge in [0.25, 0.3) is 0 Å². The molecule has 0 unspecified atom stereocenters. The lowest BCUT2D eigenvalue weighted by Crippen LogP contribution is -2.03. The smallest absolute Gasteiger partial charge is 0.307 e. The molecule has 5 nitrogen and oxygen atoms in total. The summed E-state index contributed by atoms with van der Waals surface area (Å²) >= 11 is 0. The molecule has 0 amide bonds. The number of carboxylic acid groups (broad SMARTS) is 1. The minimum Gasteiger partial charge on any atom is -0.489 e. The predicted molar refractivity (Wildman–Crippen MR) is 157 cm³/mol. The van der Waals surface area contributed by atoms with Crippen LogP contribution in [0.25, 0.3) is 21.7 Å². The Labute approximate surface area is 231 Å². The third-order valence-electron chi connectivity index (χ3n) is 7.11. The van der Waals surface area contributed by atoms with Crippen LogP contribution in [0.5, 0.6) is 5.75 Å². The molecule has 0 spiro atoms. The number of fused-ring (bicyclic) bond motifs is 2. The average molecular weight is 526 g/mol. The van der Waals surface area contributed by atoms with Crippen LogP contribution in [-0.2, 0) is 24.4 Å². The van der Waals surface area contributed by atoms with Gasteiger partial charge in [-0.05, 0) is 45.7 Å². The number of rotatable bonds is 9. The van der Waals surface area contributed by atoms with Crippen molar-refractivity contribution in [1.82, 2.24) is 4.57 Å². The first-order valence-corrected chi connectivity index (χ1v) is 13.2. The van der Waals surface area contributed by atoms with Gasteiger partial charge in [0, 0.05) is 34.8 Å². The Morgan fingerprint density at radius 1 is 0.675 bits per heavy atom. The van der Waals surface area contributed by atoms with Gasteiger partial charge in [0.2, 0.25) is 0 Å². The second-order valence-electron chi connectivity index (χ2n) is 9.87. The van der Waals surface area contributed by atoms with E-state index in [0.29, 0.717) is 30.0 Å². The first-order valence-electron chi connectivity index (χ1n) is 13.2. The van der Waals surface area contributed by atoms with E-state index in [1.165, 1.54) is 0 Å². The third-order valence-corrected chi connectivity index (χ3v) is 7.11. The van der Waals surface area contributed by atoms with Crippen molar-refractivity contribution in [3.8, 4) is 5.75 Å². The summed E-state index contributed by atoms with van der Waals surface area (Å²) in [5, 5.41) is 11.8. The molecule has 0 saturated heterocycles. The van der Waals surface area contributed by atoms with Crippen LogP contribution in [0.4, 0.5) is 0 Å². The minimum absolute atomic E-state index is 0.0117. The Morgan fingerprint density at radius 3 is 2.20 bits per heavy atom. The van der Waals surface area contributed by atoms with Crippen LogP contribution in [0.15, 0.2) is 121 Å². The maximum absolute atomic E-state index is 14.1. The Kier molecular flexibility index (Phi) is 6.86. The number of hydrogen-bond acceptors (Lipinski definition) is 3. The van der Waals surface area contributed by atoms with E-state index in [9.17, 15) is 9.59 Å². The zero-order valence-corrected chi connectivity index (χ0v) is 21.8. The molecule has 1 aromatic heterocycles. The highest BCUT2D eigenvalue weighted by molar-refractivity contribution is 6.21. The van der Waals surface area contributed by atoms with E-state index in [1.54, 1.807) is 0 Å². The molecule has 196 valence electrons. The van der Waals surface area contributed by atoms with Crippen LogP contribution in [0.3, 0.4) is 0 Å². The quantitative estimate of drug-likeness (QED) is 0.201. The first-order chi connectivity index (χ1) is 19.5. The van der Waals surface area contributed by atoms with Gasteiger partial charge in [0.05, 0.1) is 6.42 Å². The number of aliphatic carboxylic acids is 1. The molecule has 0 saturated carbocycles. The van der Waals surface area contributed by atoms with Crippen LogP contribution >= 0.6 is 0 Å². The van der Waals surface area contributed by atoms with Gasteiger partial charge in [-0.3, -0.25) is 9.59 Å². The number of benzene rings is 5. The van der Waals surface area contributed by atoms with Gasteiger partial charge < -0.3 is 14.4 Å². The summed E-state index contributed by atoms with van der Waals surface area (Å²) in [5.41, 5.74) is 5.02. The molecule has 0 fully saturated rings. The Bertz CT molecular complexity index is 1830. The molecular weight excluding hydrogens is 498 g/mol. The second-order valence-corrected chi connectivity index (χ2v) is 9.87. The van der Waals surface area contributed by atoms with Crippen molar-refractivity contribution in [2.75, 3.05) is 0 Å². The number of carbonyl (C=O) groups excluding carboxylic acids is 1. The fourth-order valence-electron chi connectivity index (χ4n) is 5.12. The van der Waals surface area contributed by atoms with Gasteiger partial charge in [-0.25, -0.2) is 0 Å². The van der Waals surface area contributed by atoms with E-state index in [0.717, 1.165) is 38.4 Å². The summed E-state index contributed by atoms with van der Waals surface area (Å²) < 4.78 is 8.19. The van der Waals surface area contributed by atoms with Crippen LogP contribution in [-0.4, -0.2) is 21.4 Å². The van der Waals surface area contributed by atoms with Crippen molar-refractivity contribution >= 4 is 33.4 Å². The van der Waals surface area contributed by atoms with E-state index in [-0.39, 0.29) is 12.2 Å². The molecule has 6 aromatic rings. The largest absolute Gasteiger partial charge is 0.489 e. The summed E-state index contributed by atoms with van der Waals surface area (Å²) in [4.78, 5) is 25.1. The molecule has 5 aromatic carbocycles. The van der Waals surface area contributed by atoms with Crippen molar-refractivity contribution in [3.63, 3.8) is 0 Å². The van der Waals surface area contributed by atoms with Crippen molar-refractivity contribution in [2.45, 2.75) is 19.6 Å². The number of ketones is 1. The summed E-state index contributed by atoms with van der Waals surface area (Å²) in [6, 6.07) is 37.1. The Hall–Kier alpha value is -5.16. The maximum atomic E-state index is 14.1. The van der Waals surface area contributed by atoms with Crippen molar-refractivity contribution in [3.05, 3.63) is 149 Å². The highest BCUT2D eigenvalue weighted by Gasteiger charge is 2.20. The molecule has 0 aliphatic carbocycles. The summed E-state index contributed by atoms with van der Waals surface area (Å²) in [7, 11) is 0. The van der Waals surface area contributed by atoms with Gasteiger partial charge in [-0.2, -0.15) is 0 Å². The van der Waals surface area contributed by atoms with E-state index in [4.69, 9.17) is 9.84 Å². The van der Waals surface area contributed by atoms with Crippen molar-refractivity contribution < 1.29 is 19.4 Å². The molecule has 40 heavy (non-hydrogen) atoms. The predicted octanol–water partition coefficient (Wildman–Crippen LogP) is 7.28. The fraction of sp³-hybridized carbons (Fsp3) is 0.0857. The van der Waals surface area contributed by atoms with E-state index >= 15 is 0 Å². The van der Waals surface area contributed by atoms with Gasteiger partial charge >= 0.3 is 5.97 Å². The number of aromatic nitrogens is 1. The lowest BCUT2D eigenvalue weighted by atomic mass is 9.97. The molecule has 1 N–H and O–H groups in total. The third kappa shape index (κ3) is 5.22. The van der Waals surface area contributed by atoms with Gasteiger partial charge in [-0.1, -0.05) is 97.1 Å². The highest BCUT2D eigenvalue weighted by Crippen LogP contribution is 2.31. The zero-order valence-electron chi connectivity index (χ0n) is 21.8. The molecule has 0 aliphatic heterocycles. The Balaban J connectivity index is 1.39. The topological polar surface area (TPSA) is 68.5 Å². The summed E-state index contributed by atoms with van der Waals surface area (Å²) in [6.07, 6.45) is 1.91. The van der Waals surface area contributed by atoms with Crippen LogP contribution < -0.4 is 4.74 Å². The molecule has 5 heteroatoms. The number of hydrogen-bond donors (Lipinski definition) is 1.